The molecule has 0 spiro atoms. The molecule has 2 rings (SSSR count). The van der Waals surface area contributed by atoms with Gasteiger partial charge in [0, 0.05) is 5.02 Å². The van der Waals surface area contributed by atoms with E-state index in [2.05, 4.69) is 19.2 Å². The summed E-state index contributed by atoms with van der Waals surface area (Å²) in [7, 11) is 0. The minimum atomic E-state index is 0.492. The van der Waals surface area contributed by atoms with Gasteiger partial charge in [-0.3, -0.25) is 0 Å². The van der Waals surface area contributed by atoms with Gasteiger partial charge in [0.2, 0.25) is 0 Å². The van der Waals surface area contributed by atoms with Crippen LogP contribution in [0.4, 0.5) is 0 Å². The molecule has 0 aliphatic rings. The largest absolute Gasteiger partial charge is 0.489 e. The normalized spacial score (nSPS) is 10.3. The van der Waals surface area contributed by atoms with Crippen molar-refractivity contribution >= 4 is 11.6 Å². The Labute approximate surface area is 155 Å². The molecule has 2 nitrogen and oxygen atoms in total. The number of hydrogen-bond acceptors (Lipinski definition) is 2. The standard InChI is InChI=1S/C22H25ClO2/c1-4-13-24-21-12-7-6-9-18(21)10-8-11-19-16-20(23)17(3)15-22(19)25-14-5-2/h4-7,9,12,15-16H,1-2,8,10-11,13-14H2,3H3. The van der Waals surface area contributed by atoms with Crippen molar-refractivity contribution in [3.63, 3.8) is 0 Å². The van der Waals surface area contributed by atoms with E-state index in [1.54, 1.807) is 12.2 Å². The Morgan fingerprint density at radius 3 is 2.28 bits per heavy atom. The number of hydrogen-bond donors (Lipinski definition) is 0. The predicted octanol–water partition coefficient (Wildman–Crippen LogP) is 5.95. The average Bonchev–Trinajstić information content (AvgIpc) is 2.62. The summed E-state index contributed by atoms with van der Waals surface area (Å²) >= 11 is 6.29. The molecule has 0 atom stereocenters. The van der Waals surface area contributed by atoms with Gasteiger partial charge in [0.15, 0.2) is 0 Å². The van der Waals surface area contributed by atoms with Crippen molar-refractivity contribution in [2.75, 3.05) is 13.2 Å². The summed E-state index contributed by atoms with van der Waals surface area (Å²) in [5.41, 5.74) is 3.35. The van der Waals surface area contributed by atoms with Gasteiger partial charge in [0.05, 0.1) is 0 Å². The van der Waals surface area contributed by atoms with Crippen LogP contribution in [0.1, 0.15) is 23.1 Å². The molecule has 0 aromatic heterocycles. The van der Waals surface area contributed by atoms with Crippen molar-refractivity contribution in [2.45, 2.75) is 26.2 Å². The van der Waals surface area contributed by atoms with Crippen LogP contribution in [-0.2, 0) is 12.8 Å². The third-order valence-electron chi connectivity index (χ3n) is 3.92. The molecule has 2 aromatic rings. The zero-order chi connectivity index (χ0) is 18.1. The molecule has 0 fully saturated rings. The second-order valence-electron chi connectivity index (χ2n) is 5.87. The quantitative estimate of drug-likeness (QED) is 0.489. The first kappa shape index (κ1) is 19.1. The van der Waals surface area contributed by atoms with E-state index >= 15 is 0 Å². The average molecular weight is 357 g/mol. The minimum Gasteiger partial charge on any atom is -0.489 e. The summed E-state index contributed by atoms with van der Waals surface area (Å²) < 4.78 is 11.5. The van der Waals surface area contributed by atoms with Crippen LogP contribution in [0.2, 0.25) is 5.02 Å². The van der Waals surface area contributed by atoms with Crippen molar-refractivity contribution in [1.29, 1.82) is 0 Å². The molecule has 25 heavy (non-hydrogen) atoms. The van der Waals surface area contributed by atoms with Crippen molar-refractivity contribution < 1.29 is 9.47 Å². The Morgan fingerprint density at radius 1 is 0.920 bits per heavy atom. The van der Waals surface area contributed by atoms with E-state index in [1.165, 1.54) is 5.56 Å². The lowest BCUT2D eigenvalue weighted by molar-refractivity contribution is 0.357. The van der Waals surface area contributed by atoms with Crippen molar-refractivity contribution in [2.24, 2.45) is 0 Å². The zero-order valence-corrected chi connectivity index (χ0v) is 15.5. The maximum Gasteiger partial charge on any atom is 0.123 e. The van der Waals surface area contributed by atoms with E-state index < -0.39 is 0 Å². The predicted molar refractivity (Wildman–Crippen MR) is 106 cm³/mol. The van der Waals surface area contributed by atoms with E-state index in [0.717, 1.165) is 46.9 Å². The molecule has 3 heteroatoms. The molecule has 0 N–H and O–H groups in total. The van der Waals surface area contributed by atoms with Gasteiger partial charge in [-0.05, 0) is 61.1 Å². The van der Waals surface area contributed by atoms with Crippen molar-refractivity contribution in [3.8, 4) is 11.5 Å². The molecule has 132 valence electrons. The molecular weight excluding hydrogens is 332 g/mol. The molecule has 0 amide bonds. The van der Waals surface area contributed by atoms with E-state index in [0.29, 0.717) is 13.2 Å². The van der Waals surface area contributed by atoms with E-state index in [4.69, 9.17) is 21.1 Å². The second-order valence-corrected chi connectivity index (χ2v) is 6.28. The summed E-state index contributed by atoms with van der Waals surface area (Å²) in [4.78, 5) is 0. The van der Waals surface area contributed by atoms with E-state index in [-0.39, 0.29) is 0 Å². The number of para-hydroxylation sites is 1. The third kappa shape index (κ3) is 5.68. The maximum absolute atomic E-state index is 6.29. The molecule has 0 saturated carbocycles. The lowest BCUT2D eigenvalue weighted by atomic mass is 10.0. The number of halogens is 1. The van der Waals surface area contributed by atoms with Crippen molar-refractivity contribution in [3.05, 3.63) is 83.4 Å². The molecule has 0 heterocycles. The van der Waals surface area contributed by atoms with Gasteiger partial charge in [0.25, 0.3) is 0 Å². The van der Waals surface area contributed by atoms with Crippen LogP contribution in [0.15, 0.2) is 61.7 Å². The zero-order valence-electron chi connectivity index (χ0n) is 14.8. The monoisotopic (exact) mass is 356 g/mol. The Kier molecular flexibility index (Phi) is 7.62. The number of benzene rings is 2. The molecule has 2 aromatic carbocycles. The highest BCUT2D eigenvalue weighted by molar-refractivity contribution is 6.31. The maximum atomic E-state index is 6.29. The van der Waals surface area contributed by atoms with Gasteiger partial charge >= 0.3 is 0 Å². The first-order chi connectivity index (χ1) is 12.2. The Morgan fingerprint density at radius 2 is 1.56 bits per heavy atom. The first-order valence-corrected chi connectivity index (χ1v) is 8.87. The fraction of sp³-hybridized carbons (Fsp3) is 0.273. The van der Waals surface area contributed by atoms with Gasteiger partial charge in [-0.1, -0.05) is 55.1 Å². The van der Waals surface area contributed by atoms with Gasteiger partial charge in [-0.15, -0.1) is 0 Å². The van der Waals surface area contributed by atoms with Gasteiger partial charge in [-0.2, -0.15) is 0 Å². The van der Waals surface area contributed by atoms with Crippen LogP contribution >= 0.6 is 11.6 Å². The highest BCUT2D eigenvalue weighted by atomic mass is 35.5. The highest BCUT2D eigenvalue weighted by Crippen LogP contribution is 2.29. The highest BCUT2D eigenvalue weighted by Gasteiger charge is 2.09. The molecular formula is C22H25ClO2. The fourth-order valence-electron chi connectivity index (χ4n) is 2.64. The van der Waals surface area contributed by atoms with Gasteiger partial charge in [0.1, 0.15) is 24.7 Å². The Balaban J connectivity index is 2.05. The van der Waals surface area contributed by atoms with E-state index in [9.17, 15) is 0 Å². The summed E-state index contributed by atoms with van der Waals surface area (Å²) in [6, 6.07) is 12.1. The topological polar surface area (TPSA) is 18.5 Å². The van der Waals surface area contributed by atoms with Gasteiger partial charge < -0.3 is 9.47 Å². The van der Waals surface area contributed by atoms with Crippen molar-refractivity contribution in [1.82, 2.24) is 0 Å². The number of rotatable bonds is 10. The van der Waals surface area contributed by atoms with Gasteiger partial charge in [-0.25, -0.2) is 0 Å². The van der Waals surface area contributed by atoms with Crippen LogP contribution in [0.25, 0.3) is 0 Å². The Hall–Kier alpha value is -2.19. The third-order valence-corrected chi connectivity index (χ3v) is 4.33. The smallest absolute Gasteiger partial charge is 0.123 e. The molecule has 0 aliphatic carbocycles. The minimum absolute atomic E-state index is 0.492. The molecule has 0 saturated heterocycles. The molecule has 0 aliphatic heterocycles. The lowest BCUT2D eigenvalue weighted by Crippen LogP contribution is -2.01. The van der Waals surface area contributed by atoms with Crippen LogP contribution in [0.5, 0.6) is 11.5 Å². The fourth-order valence-corrected chi connectivity index (χ4v) is 2.83. The van der Waals surface area contributed by atoms with Crippen LogP contribution in [-0.4, -0.2) is 13.2 Å². The first-order valence-electron chi connectivity index (χ1n) is 8.50. The summed E-state index contributed by atoms with van der Waals surface area (Å²) in [6.07, 6.45) is 6.31. The van der Waals surface area contributed by atoms with Crippen LogP contribution in [0.3, 0.4) is 0 Å². The SMILES string of the molecule is C=CCOc1ccccc1CCCc1cc(Cl)c(C)cc1OCC=C. The molecule has 0 bridgehead atoms. The van der Waals surface area contributed by atoms with E-state index in [1.807, 2.05) is 37.3 Å². The molecule has 0 unspecified atom stereocenters. The second kappa shape index (κ2) is 9.95. The summed E-state index contributed by atoms with van der Waals surface area (Å²) in [6.45, 7) is 10.4. The molecule has 0 radical (unpaired) electrons. The lowest BCUT2D eigenvalue weighted by Gasteiger charge is -2.13. The van der Waals surface area contributed by atoms with Crippen LogP contribution < -0.4 is 9.47 Å². The Bertz CT molecular complexity index is 722. The summed E-state index contributed by atoms with van der Waals surface area (Å²) in [5.74, 6) is 1.81. The van der Waals surface area contributed by atoms with Crippen LogP contribution in [0, 0.1) is 6.92 Å². The summed E-state index contributed by atoms with van der Waals surface area (Å²) in [5, 5.41) is 0.774. The number of aryl methyl sites for hydroxylation is 3. The number of ether oxygens (including phenoxy) is 2.